The summed E-state index contributed by atoms with van der Waals surface area (Å²) in [5, 5.41) is 3.04. The summed E-state index contributed by atoms with van der Waals surface area (Å²) in [6, 6.07) is 3.62. The van der Waals surface area contributed by atoms with Crippen LogP contribution in [0.3, 0.4) is 0 Å². The number of aryl methyl sites for hydroxylation is 1. The molecule has 5 nitrogen and oxygen atoms in total. The Morgan fingerprint density at radius 2 is 2.21 bits per heavy atom. The molecule has 0 radical (unpaired) electrons. The molecule has 1 aromatic rings. The van der Waals surface area contributed by atoms with E-state index in [1.807, 2.05) is 36.9 Å². The van der Waals surface area contributed by atoms with Crippen molar-refractivity contribution in [1.82, 2.24) is 9.88 Å². The minimum absolute atomic E-state index is 0.0520. The smallest absolute Gasteiger partial charge is 0.268 e. The van der Waals surface area contributed by atoms with E-state index in [0.717, 1.165) is 12.8 Å². The topological polar surface area (TPSA) is 52.5 Å². The zero-order valence-electron chi connectivity index (χ0n) is 11.8. The normalized spacial score (nSPS) is 19.9. The fourth-order valence-corrected chi connectivity index (χ4v) is 2.63. The van der Waals surface area contributed by atoms with E-state index in [1.165, 1.54) is 0 Å². The van der Waals surface area contributed by atoms with Gasteiger partial charge < -0.3 is 19.4 Å². The molecule has 0 spiro atoms. The van der Waals surface area contributed by atoms with Gasteiger partial charge in [0.15, 0.2) is 0 Å². The van der Waals surface area contributed by atoms with E-state index in [1.54, 1.807) is 7.11 Å². The molecule has 1 atom stereocenters. The van der Waals surface area contributed by atoms with Crippen LogP contribution in [0.4, 0.5) is 0 Å². The third-order valence-electron chi connectivity index (χ3n) is 4.06. The lowest BCUT2D eigenvalue weighted by atomic mass is 9.87. The summed E-state index contributed by atoms with van der Waals surface area (Å²) in [5.74, 6) is -0.0667. The summed E-state index contributed by atoms with van der Waals surface area (Å²) in [5.41, 5.74) is 0.337. The highest BCUT2D eigenvalue weighted by Crippen LogP contribution is 2.28. The standard InChI is InChI=1S/C14H22N2O3/c1-11(14(18-3)6-9-19-10-7-14)15-13(17)12-5-4-8-16(12)2/h4-5,8,11H,6-7,9-10H2,1-3H3,(H,15,17). The molecule has 1 amide bonds. The van der Waals surface area contributed by atoms with Crippen molar-refractivity contribution in [3.8, 4) is 0 Å². The van der Waals surface area contributed by atoms with Gasteiger partial charge in [0.1, 0.15) is 5.69 Å². The third kappa shape index (κ3) is 2.82. The van der Waals surface area contributed by atoms with E-state index in [9.17, 15) is 4.79 Å². The molecule has 5 heteroatoms. The van der Waals surface area contributed by atoms with Gasteiger partial charge in [-0.05, 0) is 19.1 Å². The summed E-state index contributed by atoms with van der Waals surface area (Å²) in [6.07, 6.45) is 3.47. The van der Waals surface area contributed by atoms with Gasteiger partial charge >= 0.3 is 0 Å². The highest BCUT2D eigenvalue weighted by Gasteiger charge is 2.39. The largest absolute Gasteiger partial charge is 0.381 e. The number of methoxy groups -OCH3 is 1. The number of carbonyl (C=O) groups excluding carboxylic acids is 1. The predicted molar refractivity (Wildman–Crippen MR) is 72.1 cm³/mol. The molecule has 1 N–H and O–H groups in total. The van der Waals surface area contributed by atoms with Crippen molar-refractivity contribution in [2.45, 2.75) is 31.4 Å². The van der Waals surface area contributed by atoms with Crippen molar-refractivity contribution < 1.29 is 14.3 Å². The minimum Gasteiger partial charge on any atom is -0.381 e. The number of hydrogen-bond donors (Lipinski definition) is 1. The van der Waals surface area contributed by atoms with Crippen LogP contribution in [0.25, 0.3) is 0 Å². The molecule has 1 aliphatic rings. The van der Waals surface area contributed by atoms with Crippen LogP contribution in [0.15, 0.2) is 18.3 Å². The summed E-state index contributed by atoms with van der Waals surface area (Å²) in [4.78, 5) is 12.2. The SMILES string of the molecule is COC1(C(C)NC(=O)c2cccn2C)CCOCC1. The monoisotopic (exact) mass is 266 g/mol. The number of ether oxygens (including phenoxy) is 2. The Morgan fingerprint density at radius 3 is 2.74 bits per heavy atom. The van der Waals surface area contributed by atoms with Crippen molar-refractivity contribution in [3.05, 3.63) is 24.0 Å². The average molecular weight is 266 g/mol. The van der Waals surface area contributed by atoms with Gasteiger partial charge in [-0.15, -0.1) is 0 Å². The van der Waals surface area contributed by atoms with E-state index in [2.05, 4.69) is 5.32 Å². The Hall–Kier alpha value is -1.33. The van der Waals surface area contributed by atoms with E-state index in [0.29, 0.717) is 18.9 Å². The molecule has 0 aromatic carbocycles. The van der Waals surface area contributed by atoms with Crippen LogP contribution in [-0.2, 0) is 16.5 Å². The highest BCUT2D eigenvalue weighted by molar-refractivity contribution is 5.92. The van der Waals surface area contributed by atoms with Gasteiger partial charge in [0.25, 0.3) is 5.91 Å². The van der Waals surface area contributed by atoms with Crippen LogP contribution < -0.4 is 5.32 Å². The van der Waals surface area contributed by atoms with Crippen LogP contribution in [0.1, 0.15) is 30.3 Å². The summed E-state index contributed by atoms with van der Waals surface area (Å²) >= 11 is 0. The zero-order chi connectivity index (χ0) is 13.9. The summed E-state index contributed by atoms with van der Waals surface area (Å²) in [6.45, 7) is 3.35. The maximum absolute atomic E-state index is 12.2. The second-order valence-electron chi connectivity index (χ2n) is 5.08. The van der Waals surface area contributed by atoms with Crippen LogP contribution in [0.2, 0.25) is 0 Å². The Balaban J connectivity index is 2.05. The molecular formula is C14H22N2O3. The molecule has 0 bridgehead atoms. The molecule has 1 fully saturated rings. The first kappa shape index (κ1) is 14.1. The molecule has 19 heavy (non-hydrogen) atoms. The molecule has 2 heterocycles. The van der Waals surface area contributed by atoms with Gasteiger partial charge in [0, 0.05) is 46.4 Å². The Bertz CT molecular complexity index is 436. The fourth-order valence-electron chi connectivity index (χ4n) is 2.63. The van der Waals surface area contributed by atoms with Crippen molar-refractivity contribution in [2.75, 3.05) is 20.3 Å². The van der Waals surface area contributed by atoms with Gasteiger partial charge in [-0.3, -0.25) is 4.79 Å². The molecule has 1 unspecified atom stereocenters. The van der Waals surface area contributed by atoms with Gasteiger partial charge in [0.2, 0.25) is 0 Å². The second kappa shape index (κ2) is 5.75. The first-order chi connectivity index (χ1) is 9.09. The van der Waals surface area contributed by atoms with Gasteiger partial charge in [-0.25, -0.2) is 0 Å². The number of nitrogens with one attached hydrogen (secondary N) is 1. The Labute approximate surface area is 113 Å². The second-order valence-corrected chi connectivity index (χ2v) is 5.08. The first-order valence-electron chi connectivity index (χ1n) is 6.64. The van der Waals surface area contributed by atoms with Gasteiger partial charge in [0.05, 0.1) is 11.6 Å². The van der Waals surface area contributed by atoms with Crippen molar-refractivity contribution >= 4 is 5.91 Å². The van der Waals surface area contributed by atoms with E-state index in [-0.39, 0.29) is 17.6 Å². The Morgan fingerprint density at radius 1 is 1.53 bits per heavy atom. The molecule has 0 saturated carbocycles. The maximum Gasteiger partial charge on any atom is 0.268 e. The molecule has 0 aliphatic carbocycles. The van der Waals surface area contributed by atoms with Crippen LogP contribution in [0.5, 0.6) is 0 Å². The maximum atomic E-state index is 12.2. The average Bonchev–Trinajstić information content (AvgIpc) is 2.85. The van der Waals surface area contributed by atoms with E-state index < -0.39 is 0 Å². The number of carbonyl (C=O) groups is 1. The number of nitrogens with zero attached hydrogens (tertiary/aromatic N) is 1. The van der Waals surface area contributed by atoms with Gasteiger partial charge in [-0.1, -0.05) is 0 Å². The lowest BCUT2D eigenvalue weighted by Gasteiger charge is -2.40. The molecule has 2 rings (SSSR count). The quantitative estimate of drug-likeness (QED) is 0.894. The highest BCUT2D eigenvalue weighted by atomic mass is 16.5. The zero-order valence-corrected chi connectivity index (χ0v) is 11.8. The third-order valence-corrected chi connectivity index (χ3v) is 4.06. The lowest BCUT2D eigenvalue weighted by molar-refractivity contribution is -0.105. The van der Waals surface area contributed by atoms with Crippen molar-refractivity contribution in [3.63, 3.8) is 0 Å². The van der Waals surface area contributed by atoms with Crippen molar-refractivity contribution in [2.24, 2.45) is 7.05 Å². The molecule has 1 aromatic heterocycles. The predicted octanol–water partition coefficient (Wildman–Crippen LogP) is 1.34. The number of amides is 1. The molecule has 1 aliphatic heterocycles. The lowest BCUT2D eigenvalue weighted by Crippen LogP contribution is -2.55. The number of rotatable bonds is 4. The van der Waals surface area contributed by atoms with E-state index >= 15 is 0 Å². The minimum atomic E-state index is -0.320. The first-order valence-corrected chi connectivity index (χ1v) is 6.64. The fraction of sp³-hybridized carbons (Fsp3) is 0.643. The molecule has 1 saturated heterocycles. The summed E-state index contributed by atoms with van der Waals surface area (Å²) in [7, 11) is 3.57. The molecule has 106 valence electrons. The van der Waals surface area contributed by atoms with E-state index in [4.69, 9.17) is 9.47 Å². The van der Waals surface area contributed by atoms with Crippen molar-refractivity contribution in [1.29, 1.82) is 0 Å². The number of aromatic nitrogens is 1. The molecular weight excluding hydrogens is 244 g/mol. The van der Waals surface area contributed by atoms with Crippen LogP contribution in [0, 0.1) is 0 Å². The van der Waals surface area contributed by atoms with Crippen LogP contribution >= 0.6 is 0 Å². The number of hydrogen-bond acceptors (Lipinski definition) is 3. The summed E-state index contributed by atoms with van der Waals surface area (Å²) < 4.78 is 12.9. The Kier molecular flexibility index (Phi) is 4.27. The van der Waals surface area contributed by atoms with Gasteiger partial charge in [-0.2, -0.15) is 0 Å². The van der Waals surface area contributed by atoms with Crippen LogP contribution in [-0.4, -0.2) is 42.4 Å².